The average molecular weight is 222 g/mol. The fraction of sp³-hybridized carbons (Fsp3) is 0.615. The Bertz CT molecular complexity index is 307. The highest BCUT2D eigenvalue weighted by atomic mass is 16.3. The van der Waals surface area contributed by atoms with Gasteiger partial charge in [-0.05, 0) is 25.8 Å². The third kappa shape index (κ3) is 3.20. The fourth-order valence-electron chi connectivity index (χ4n) is 1.86. The molecule has 0 amide bonds. The largest absolute Gasteiger partial charge is 0.389 e. The Hall–Kier alpha value is -1.09. The van der Waals surface area contributed by atoms with Gasteiger partial charge in [-0.2, -0.15) is 0 Å². The van der Waals surface area contributed by atoms with Crippen LogP contribution in [0.4, 0.5) is 5.82 Å². The van der Waals surface area contributed by atoms with E-state index in [1.165, 1.54) is 0 Å². The molecule has 0 fully saturated rings. The van der Waals surface area contributed by atoms with Crippen LogP contribution in [-0.4, -0.2) is 23.2 Å². The Labute approximate surface area is 98.1 Å². The van der Waals surface area contributed by atoms with Crippen LogP contribution in [0.3, 0.4) is 0 Å². The first kappa shape index (κ1) is 13.0. The first-order chi connectivity index (χ1) is 7.70. The lowest BCUT2D eigenvalue weighted by atomic mass is 10.1. The van der Waals surface area contributed by atoms with Crippen LogP contribution in [0.25, 0.3) is 0 Å². The van der Waals surface area contributed by atoms with Crippen molar-refractivity contribution >= 4 is 5.82 Å². The second-order valence-electron chi connectivity index (χ2n) is 4.08. The molecule has 16 heavy (non-hydrogen) atoms. The van der Waals surface area contributed by atoms with Crippen LogP contribution in [0, 0.1) is 0 Å². The molecule has 0 aliphatic carbocycles. The zero-order chi connectivity index (χ0) is 12.0. The van der Waals surface area contributed by atoms with E-state index in [1.54, 1.807) is 13.1 Å². The minimum Gasteiger partial charge on any atom is -0.389 e. The monoisotopic (exact) mass is 222 g/mol. The van der Waals surface area contributed by atoms with E-state index < -0.39 is 6.10 Å². The minimum absolute atomic E-state index is 0.458. The predicted molar refractivity (Wildman–Crippen MR) is 67.7 cm³/mol. The van der Waals surface area contributed by atoms with Crippen LogP contribution in [0.5, 0.6) is 0 Å². The zero-order valence-electron chi connectivity index (χ0n) is 10.5. The molecule has 0 saturated heterocycles. The number of hydrogen-bond donors (Lipinski definition) is 1. The first-order valence-corrected chi connectivity index (χ1v) is 6.08. The summed E-state index contributed by atoms with van der Waals surface area (Å²) in [4.78, 5) is 6.66. The van der Waals surface area contributed by atoms with E-state index in [0.29, 0.717) is 0 Å². The van der Waals surface area contributed by atoms with Gasteiger partial charge in [0.05, 0.1) is 6.10 Å². The minimum atomic E-state index is -0.458. The maximum Gasteiger partial charge on any atom is 0.134 e. The Morgan fingerprint density at radius 1 is 1.31 bits per heavy atom. The highest BCUT2D eigenvalue weighted by molar-refractivity contribution is 5.47. The van der Waals surface area contributed by atoms with Crippen molar-refractivity contribution in [2.75, 3.05) is 18.0 Å². The van der Waals surface area contributed by atoms with Gasteiger partial charge >= 0.3 is 0 Å². The number of hydrogen-bond acceptors (Lipinski definition) is 3. The van der Waals surface area contributed by atoms with Gasteiger partial charge in [0, 0.05) is 24.8 Å². The van der Waals surface area contributed by atoms with Crippen molar-refractivity contribution in [3.05, 3.63) is 23.9 Å². The Morgan fingerprint density at radius 3 is 2.44 bits per heavy atom. The van der Waals surface area contributed by atoms with E-state index in [0.717, 1.165) is 37.3 Å². The van der Waals surface area contributed by atoms with Crippen molar-refractivity contribution < 1.29 is 5.11 Å². The van der Waals surface area contributed by atoms with Crippen LogP contribution in [0.15, 0.2) is 18.3 Å². The van der Waals surface area contributed by atoms with Crippen molar-refractivity contribution in [2.45, 2.75) is 39.7 Å². The molecule has 0 aromatic carbocycles. The second kappa shape index (κ2) is 6.48. The highest BCUT2D eigenvalue weighted by Crippen LogP contribution is 2.23. The number of aromatic nitrogens is 1. The third-order valence-electron chi connectivity index (χ3n) is 2.55. The van der Waals surface area contributed by atoms with Gasteiger partial charge < -0.3 is 10.0 Å². The van der Waals surface area contributed by atoms with Crippen molar-refractivity contribution in [1.29, 1.82) is 0 Å². The van der Waals surface area contributed by atoms with Crippen LogP contribution >= 0.6 is 0 Å². The lowest BCUT2D eigenvalue weighted by Gasteiger charge is -2.25. The maximum atomic E-state index is 9.72. The molecule has 1 heterocycles. The molecule has 0 aliphatic heterocycles. The zero-order valence-corrected chi connectivity index (χ0v) is 10.5. The molecule has 1 aromatic heterocycles. The van der Waals surface area contributed by atoms with Crippen molar-refractivity contribution in [1.82, 2.24) is 4.98 Å². The molecule has 1 atom stereocenters. The van der Waals surface area contributed by atoms with Crippen LogP contribution in [0.1, 0.15) is 45.3 Å². The van der Waals surface area contributed by atoms with E-state index >= 15 is 0 Å². The second-order valence-corrected chi connectivity index (χ2v) is 4.08. The van der Waals surface area contributed by atoms with Gasteiger partial charge in [0.15, 0.2) is 0 Å². The summed E-state index contributed by atoms with van der Waals surface area (Å²) < 4.78 is 0. The van der Waals surface area contributed by atoms with Gasteiger partial charge in [-0.25, -0.2) is 4.98 Å². The SMILES string of the molecule is CCCN(CCC)c1ncccc1[C@H](C)O. The van der Waals surface area contributed by atoms with Crippen molar-refractivity contribution in [2.24, 2.45) is 0 Å². The van der Waals surface area contributed by atoms with Crippen molar-refractivity contribution in [3.8, 4) is 0 Å². The van der Waals surface area contributed by atoms with E-state index in [2.05, 4.69) is 23.7 Å². The third-order valence-corrected chi connectivity index (χ3v) is 2.55. The smallest absolute Gasteiger partial charge is 0.134 e. The predicted octanol–water partition coefficient (Wildman–Crippen LogP) is 2.76. The molecular formula is C13H22N2O. The molecule has 0 bridgehead atoms. The normalized spacial score (nSPS) is 12.5. The average Bonchev–Trinajstić information content (AvgIpc) is 2.29. The summed E-state index contributed by atoms with van der Waals surface area (Å²) in [6, 6.07) is 3.83. The van der Waals surface area contributed by atoms with Crippen LogP contribution in [0.2, 0.25) is 0 Å². The Morgan fingerprint density at radius 2 is 1.94 bits per heavy atom. The first-order valence-electron chi connectivity index (χ1n) is 6.08. The number of anilines is 1. The van der Waals surface area contributed by atoms with E-state index in [-0.39, 0.29) is 0 Å². The Kier molecular flexibility index (Phi) is 5.26. The number of aliphatic hydroxyl groups excluding tert-OH is 1. The molecular weight excluding hydrogens is 200 g/mol. The molecule has 1 rings (SSSR count). The number of pyridine rings is 1. The molecule has 3 heteroatoms. The van der Waals surface area contributed by atoms with Gasteiger partial charge in [-0.1, -0.05) is 19.9 Å². The summed E-state index contributed by atoms with van der Waals surface area (Å²) in [7, 11) is 0. The van der Waals surface area contributed by atoms with E-state index in [4.69, 9.17) is 0 Å². The summed E-state index contributed by atoms with van der Waals surface area (Å²) in [5.74, 6) is 0.932. The number of aliphatic hydroxyl groups is 1. The summed E-state index contributed by atoms with van der Waals surface area (Å²) in [6.07, 6.45) is 3.52. The van der Waals surface area contributed by atoms with Crippen LogP contribution < -0.4 is 4.90 Å². The van der Waals surface area contributed by atoms with Crippen molar-refractivity contribution in [3.63, 3.8) is 0 Å². The van der Waals surface area contributed by atoms with Gasteiger partial charge in [0.25, 0.3) is 0 Å². The highest BCUT2D eigenvalue weighted by Gasteiger charge is 2.13. The topological polar surface area (TPSA) is 36.4 Å². The summed E-state index contributed by atoms with van der Waals surface area (Å²) in [6.45, 7) is 8.09. The quantitative estimate of drug-likeness (QED) is 0.804. The fourth-order valence-corrected chi connectivity index (χ4v) is 1.86. The molecule has 1 aromatic rings. The Balaban J connectivity index is 2.97. The van der Waals surface area contributed by atoms with Gasteiger partial charge in [-0.3, -0.25) is 0 Å². The molecule has 1 N–H and O–H groups in total. The lowest BCUT2D eigenvalue weighted by Crippen LogP contribution is -2.27. The van der Waals surface area contributed by atoms with Gasteiger partial charge in [0.2, 0.25) is 0 Å². The molecule has 0 unspecified atom stereocenters. The summed E-state index contributed by atoms with van der Waals surface area (Å²) in [5, 5.41) is 9.72. The van der Waals surface area contributed by atoms with E-state index in [1.807, 2.05) is 12.1 Å². The maximum absolute atomic E-state index is 9.72. The van der Waals surface area contributed by atoms with E-state index in [9.17, 15) is 5.11 Å². The summed E-state index contributed by atoms with van der Waals surface area (Å²) >= 11 is 0. The lowest BCUT2D eigenvalue weighted by molar-refractivity contribution is 0.199. The van der Waals surface area contributed by atoms with Gasteiger partial charge in [0.1, 0.15) is 5.82 Å². The summed E-state index contributed by atoms with van der Waals surface area (Å²) in [5.41, 5.74) is 0.921. The molecule has 0 saturated carbocycles. The molecule has 3 nitrogen and oxygen atoms in total. The van der Waals surface area contributed by atoms with Gasteiger partial charge in [-0.15, -0.1) is 0 Å². The standard InChI is InChI=1S/C13H22N2O/c1-4-9-15(10-5-2)13-12(11(3)16)7-6-8-14-13/h6-8,11,16H,4-5,9-10H2,1-3H3/t11-/m0/s1. The van der Waals surface area contributed by atoms with Crippen LogP contribution in [-0.2, 0) is 0 Å². The number of rotatable bonds is 6. The molecule has 0 spiro atoms. The number of nitrogens with zero attached hydrogens (tertiary/aromatic N) is 2. The molecule has 90 valence electrons. The molecule has 0 radical (unpaired) electrons. The molecule has 0 aliphatic rings.